The van der Waals surface area contributed by atoms with E-state index in [-0.39, 0.29) is 5.91 Å². The molecule has 2 heteroatoms. The molecule has 1 amide bonds. The minimum absolute atomic E-state index is 0.0168. The van der Waals surface area contributed by atoms with Gasteiger partial charge in [-0.3, -0.25) is 4.79 Å². The number of likely N-dealkylation sites (N-methyl/N-ethyl adjacent to an activating group) is 1. The molecule has 0 spiro atoms. The van der Waals surface area contributed by atoms with Crippen LogP contribution >= 0.6 is 0 Å². The van der Waals surface area contributed by atoms with Crippen molar-refractivity contribution < 1.29 is 4.79 Å². The van der Waals surface area contributed by atoms with Gasteiger partial charge in [0.1, 0.15) is 0 Å². The minimum Gasteiger partial charge on any atom is -0.342 e. The second-order valence-electron chi connectivity index (χ2n) is 11.8. The van der Waals surface area contributed by atoms with E-state index in [1.54, 1.807) is 4.90 Å². The summed E-state index contributed by atoms with van der Waals surface area (Å²) in [5.74, 6) is 1.69. The van der Waals surface area contributed by atoms with Crippen molar-refractivity contribution in [2.24, 2.45) is 5.92 Å². The van der Waals surface area contributed by atoms with E-state index in [0.717, 1.165) is 37.6 Å². The van der Waals surface area contributed by atoms with E-state index in [1.807, 2.05) is 7.05 Å². The highest BCUT2D eigenvalue weighted by atomic mass is 16.2. The number of unbranched alkanes of at least 4 members (excludes halogenated alkanes) is 2. The molecule has 1 saturated carbocycles. The predicted molar refractivity (Wildman–Crippen MR) is 172 cm³/mol. The minimum atomic E-state index is -0.0168. The lowest BCUT2D eigenvalue weighted by Crippen LogP contribution is -2.25. The normalized spacial score (nSPS) is 17.0. The van der Waals surface area contributed by atoms with Gasteiger partial charge >= 0.3 is 0 Å². The summed E-state index contributed by atoms with van der Waals surface area (Å²) in [6, 6.07) is 25.4. The quantitative estimate of drug-likeness (QED) is 0.157. The van der Waals surface area contributed by atoms with Crippen LogP contribution in [0.2, 0.25) is 0 Å². The highest BCUT2D eigenvalue weighted by molar-refractivity contribution is 5.86. The van der Waals surface area contributed by atoms with Crippen LogP contribution in [0.3, 0.4) is 0 Å². The number of carbonyl (C=O) groups excluding carboxylic acids is 1. The van der Waals surface area contributed by atoms with Crippen molar-refractivity contribution in [2.45, 2.75) is 90.4 Å². The number of benzene rings is 3. The van der Waals surface area contributed by atoms with Gasteiger partial charge in [0.2, 0.25) is 5.91 Å². The summed E-state index contributed by atoms with van der Waals surface area (Å²) in [5, 5.41) is 0. The second kappa shape index (κ2) is 15.0. The van der Waals surface area contributed by atoms with Crippen LogP contribution in [0.5, 0.6) is 0 Å². The summed E-state index contributed by atoms with van der Waals surface area (Å²) in [7, 11) is 1.83. The van der Waals surface area contributed by atoms with Crippen molar-refractivity contribution in [3.63, 3.8) is 0 Å². The lowest BCUT2D eigenvalue weighted by molar-refractivity contribution is -0.124. The number of hydrogen-bond acceptors (Lipinski definition) is 1. The lowest BCUT2D eigenvalue weighted by Gasteiger charge is -2.29. The molecule has 0 radical (unpaired) electrons. The van der Waals surface area contributed by atoms with Crippen molar-refractivity contribution in [1.82, 2.24) is 4.90 Å². The number of hydrogen-bond donors (Lipinski definition) is 0. The zero-order valence-electron chi connectivity index (χ0n) is 25.1. The number of aryl methyl sites for hydroxylation is 2. The first-order valence-corrected chi connectivity index (χ1v) is 15.7. The van der Waals surface area contributed by atoms with Gasteiger partial charge < -0.3 is 4.90 Å². The van der Waals surface area contributed by atoms with Gasteiger partial charge in [-0.05, 0) is 102 Å². The Morgan fingerprint density at radius 2 is 1.52 bits per heavy atom. The third-order valence-electron chi connectivity index (χ3n) is 9.04. The Morgan fingerprint density at radius 1 is 0.850 bits per heavy atom. The van der Waals surface area contributed by atoms with E-state index in [1.165, 1.54) is 96.4 Å². The van der Waals surface area contributed by atoms with Crippen molar-refractivity contribution in [3.8, 4) is 22.3 Å². The van der Waals surface area contributed by atoms with Crippen LogP contribution in [0, 0.1) is 5.92 Å². The van der Waals surface area contributed by atoms with Crippen molar-refractivity contribution in [3.05, 3.63) is 96.1 Å². The highest BCUT2D eigenvalue weighted by Gasteiger charge is 2.22. The Hall–Kier alpha value is -3.13. The zero-order valence-corrected chi connectivity index (χ0v) is 25.1. The van der Waals surface area contributed by atoms with Gasteiger partial charge in [-0.15, -0.1) is 0 Å². The summed E-state index contributed by atoms with van der Waals surface area (Å²) in [6.07, 6.45) is 15.4. The molecule has 0 aliphatic heterocycles. The summed E-state index contributed by atoms with van der Waals surface area (Å²) >= 11 is 0. The molecule has 0 aromatic heterocycles. The van der Waals surface area contributed by atoms with Gasteiger partial charge in [0.25, 0.3) is 0 Å². The molecule has 3 aromatic rings. The fourth-order valence-electron chi connectivity index (χ4n) is 6.40. The van der Waals surface area contributed by atoms with E-state index < -0.39 is 0 Å². The van der Waals surface area contributed by atoms with Crippen LogP contribution in [0.25, 0.3) is 22.3 Å². The Balaban J connectivity index is 1.36. The molecule has 0 unspecified atom stereocenters. The van der Waals surface area contributed by atoms with Crippen molar-refractivity contribution in [1.29, 1.82) is 0 Å². The van der Waals surface area contributed by atoms with Crippen molar-refractivity contribution in [2.75, 3.05) is 13.6 Å². The molecule has 3 aromatic carbocycles. The lowest BCUT2D eigenvalue weighted by atomic mass is 9.77. The summed E-state index contributed by atoms with van der Waals surface area (Å²) < 4.78 is 0. The van der Waals surface area contributed by atoms with Gasteiger partial charge in [-0.25, -0.2) is 0 Å². The molecule has 0 N–H and O–H groups in total. The van der Waals surface area contributed by atoms with Crippen LogP contribution in [0.1, 0.15) is 94.2 Å². The maximum absolute atomic E-state index is 11.7. The third kappa shape index (κ3) is 7.96. The number of amides is 1. The van der Waals surface area contributed by atoms with E-state index in [4.69, 9.17) is 0 Å². The molecule has 4 rings (SSSR count). The molecule has 1 fully saturated rings. The Kier molecular flexibility index (Phi) is 11.2. The largest absolute Gasteiger partial charge is 0.342 e. The van der Waals surface area contributed by atoms with Gasteiger partial charge in [-0.2, -0.15) is 0 Å². The summed E-state index contributed by atoms with van der Waals surface area (Å²) in [6.45, 7) is 8.87. The molecular formula is C38H49NO. The maximum Gasteiger partial charge on any atom is 0.245 e. The van der Waals surface area contributed by atoms with Crippen LogP contribution in [-0.2, 0) is 17.6 Å². The number of carbonyl (C=O) groups is 1. The van der Waals surface area contributed by atoms with Crippen LogP contribution in [0.15, 0.2) is 79.4 Å². The predicted octanol–water partition coefficient (Wildman–Crippen LogP) is 10.0. The Labute approximate surface area is 243 Å². The third-order valence-corrected chi connectivity index (χ3v) is 9.04. The van der Waals surface area contributed by atoms with Gasteiger partial charge in [-0.1, -0.05) is 113 Å². The molecular weight excluding hydrogens is 486 g/mol. The van der Waals surface area contributed by atoms with E-state index in [0.29, 0.717) is 0 Å². The highest BCUT2D eigenvalue weighted by Crippen LogP contribution is 2.39. The molecule has 0 bridgehead atoms. The molecule has 0 saturated heterocycles. The molecule has 0 heterocycles. The number of nitrogens with zero attached hydrogens (tertiary/aromatic N) is 1. The van der Waals surface area contributed by atoms with E-state index in [9.17, 15) is 4.79 Å². The Morgan fingerprint density at radius 3 is 2.17 bits per heavy atom. The van der Waals surface area contributed by atoms with E-state index >= 15 is 0 Å². The summed E-state index contributed by atoms with van der Waals surface area (Å²) in [5.41, 5.74) is 9.45. The van der Waals surface area contributed by atoms with Crippen LogP contribution in [0.4, 0.5) is 0 Å². The topological polar surface area (TPSA) is 20.3 Å². The average molecular weight is 536 g/mol. The summed E-state index contributed by atoms with van der Waals surface area (Å²) in [4.78, 5) is 13.4. The Bertz CT molecular complexity index is 1220. The fraction of sp³-hybridized carbons (Fsp3) is 0.447. The molecule has 2 nitrogen and oxygen atoms in total. The van der Waals surface area contributed by atoms with Gasteiger partial charge in [0, 0.05) is 13.6 Å². The molecule has 0 atom stereocenters. The standard InChI is InChI=1S/C38H49NO/c1-5-8-9-11-29-13-17-32(18-14-29)33-21-23-35(24-22-33)37-26-25-36(28-31(37)6-2)34-19-15-30(16-20-34)12-10-27-39(4)38(40)7-3/h7,15-16,19-26,28-29,32H,3,5-6,8-14,17-18,27H2,1-2,4H3. The monoisotopic (exact) mass is 535 g/mol. The molecule has 40 heavy (non-hydrogen) atoms. The van der Waals surface area contributed by atoms with Crippen LogP contribution in [-0.4, -0.2) is 24.4 Å². The SMILES string of the molecule is C=CC(=O)N(C)CCCc1ccc(-c2ccc(-c3ccc(C4CCC(CCCCC)CC4)cc3)c(CC)c2)cc1. The molecule has 1 aliphatic carbocycles. The second-order valence-corrected chi connectivity index (χ2v) is 11.8. The van der Waals surface area contributed by atoms with Crippen molar-refractivity contribution >= 4 is 5.91 Å². The smallest absolute Gasteiger partial charge is 0.245 e. The first-order chi connectivity index (χ1) is 19.5. The zero-order chi connectivity index (χ0) is 28.3. The molecule has 1 aliphatic rings. The first-order valence-electron chi connectivity index (χ1n) is 15.7. The first kappa shape index (κ1) is 29.8. The van der Waals surface area contributed by atoms with E-state index in [2.05, 4.69) is 87.2 Å². The van der Waals surface area contributed by atoms with Gasteiger partial charge in [0.15, 0.2) is 0 Å². The van der Waals surface area contributed by atoms with Crippen LogP contribution < -0.4 is 0 Å². The maximum atomic E-state index is 11.7. The average Bonchev–Trinajstić information content (AvgIpc) is 3.01. The number of rotatable bonds is 13. The molecule has 212 valence electrons. The fourth-order valence-corrected chi connectivity index (χ4v) is 6.40. The van der Waals surface area contributed by atoms with Gasteiger partial charge in [0.05, 0.1) is 0 Å².